The molecule has 2 nitrogen and oxygen atoms in total. The van der Waals surface area contributed by atoms with Crippen LogP contribution in [0.2, 0.25) is 0 Å². The Balaban J connectivity index is 1.58. The van der Waals surface area contributed by atoms with Crippen molar-refractivity contribution >= 4 is 27.8 Å². The van der Waals surface area contributed by atoms with Crippen molar-refractivity contribution in [2.75, 3.05) is 5.32 Å². The van der Waals surface area contributed by atoms with Gasteiger partial charge in [0.1, 0.15) is 5.82 Å². The van der Waals surface area contributed by atoms with Crippen LogP contribution in [0.15, 0.2) is 96.6 Å². The number of Topliss-reactive ketones (excluding diaryl/α,β-unsaturated/α-hetero) is 1. The van der Waals surface area contributed by atoms with Crippen LogP contribution in [-0.4, -0.2) is 5.78 Å². The van der Waals surface area contributed by atoms with E-state index in [0.717, 1.165) is 45.2 Å². The molecule has 4 aromatic rings. The fourth-order valence-electron chi connectivity index (χ4n) is 5.31. The van der Waals surface area contributed by atoms with E-state index in [1.54, 1.807) is 12.1 Å². The number of ketones is 1. The molecular formula is C29H22FNO. The molecule has 0 amide bonds. The Morgan fingerprint density at radius 3 is 2.31 bits per heavy atom. The Bertz CT molecular complexity index is 1370. The summed E-state index contributed by atoms with van der Waals surface area (Å²) in [5.74, 6) is 0.0472. The van der Waals surface area contributed by atoms with E-state index in [9.17, 15) is 9.18 Å². The first-order valence-corrected chi connectivity index (χ1v) is 11.0. The molecule has 0 spiro atoms. The van der Waals surface area contributed by atoms with Crippen LogP contribution in [0.1, 0.15) is 41.5 Å². The highest BCUT2D eigenvalue weighted by atomic mass is 19.1. The molecule has 1 aliphatic carbocycles. The summed E-state index contributed by atoms with van der Waals surface area (Å²) in [6.07, 6.45) is 1.30. The largest absolute Gasteiger partial charge is 0.373 e. The first-order valence-electron chi connectivity index (χ1n) is 11.0. The lowest BCUT2D eigenvalue weighted by Gasteiger charge is -2.37. The number of hydrogen-bond donors (Lipinski definition) is 1. The molecule has 0 saturated carbocycles. The van der Waals surface area contributed by atoms with Crippen LogP contribution in [0.4, 0.5) is 10.1 Å². The van der Waals surface area contributed by atoms with Gasteiger partial charge in [-0.3, -0.25) is 4.79 Å². The summed E-state index contributed by atoms with van der Waals surface area (Å²) < 4.78 is 13.6. The van der Waals surface area contributed by atoms with E-state index in [-0.39, 0.29) is 23.6 Å². The minimum atomic E-state index is -0.275. The summed E-state index contributed by atoms with van der Waals surface area (Å²) in [5, 5.41) is 5.93. The summed E-state index contributed by atoms with van der Waals surface area (Å²) in [4.78, 5) is 13.6. The van der Waals surface area contributed by atoms with Crippen LogP contribution in [-0.2, 0) is 4.79 Å². The highest BCUT2D eigenvalue weighted by Crippen LogP contribution is 2.50. The molecular weight excluding hydrogens is 397 g/mol. The number of carbonyl (C=O) groups excluding carboxylic acids is 1. The van der Waals surface area contributed by atoms with E-state index in [0.29, 0.717) is 6.42 Å². The monoisotopic (exact) mass is 419 g/mol. The molecule has 0 fully saturated rings. The standard InChI is InChI=1S/C29H22FNO/c30-22-13-10-20(11-14-22)29-28-24(16-21(17-26(28)32)18-6-2-1-3-7-18)27-23-9-5-4-8-19(23)12-15-25(27)31-29/h1-15,21,29,31H,16-17H2/t21-,29-/m0/s1. The van der Waals surface area contributed by atoms with Gasteiger partial charge in [-0.05, 0) is 58.0 Å². The molecule has 1 N–H and O–H groups in total. The van der Waals surface area contributed by atoms with Gasteiger partial charge >= 0.3 is 0 Å². The van der Waals surface area contributed by atoms with E-state index in [2.05, 4.69) is 41.7 Å². The lowest BCUT2D eigenvalue weighted by Crippen LogP contribution is -2.29. The van der Waals surface area contributed by atoms with Gasteiger partial charge < -0.3 is 5.32 Å². The normalized spacial score (nSPS) is 20.0. The number of benzene rings is 4. The average molecular weight is 419 g/mol. The van der Waals surface area contributed by atoms with Crippen molar-refractivity contribution in [2.45, 2.75) is 24.8 Å². The van der Waals surface area contributed by atoms with Crippen LogP contribution >= 0.6 is 0 Å². The maximum Gasteiger partial charge on any atom is 0.162 e. The van der Waals surface area contributed by atoms with Crippen molar-refractivity contribution in [3.63, 3.8) is 0 Å². The van der Waals surface area contributed by atoms with Crippen LogP contribution in [0.25, 0.3) is 16.3 Å². The number of fused-ring (bicyclic) bond motifs is 4. The van der Waals surface area contributed by atoms with Gasteiger partial charge in [0.15, 0.2) is 5.78 Å². The smallest absolute Gasteiger partial charge is 0.162 e. The first-order chi connectivity index (χ1) is 15.7. The molecule has 2 aliphatic rings. The summed E-state index contributed by atoms with van der Waals surface area (Å²) in [6, 6.07) is 29.1. The third-order valence-electron chi connectivity index (χ3n) is 6.80. The van der Waals surface area contributed by atoms with Gasteiger partial charge in [-0.2, -0.15) is 0 Å². The van der Waals surface area contributed by atoms with Gasteiger partial charge in [-0.25, -0.2) is 4.39 Å². The molecule has 0 unspecified atom stereocenters. The Kier molecular flexibility index (Phi) is 4.43. The molecule has 0 saturated heterocycles. The molecule has 2 atom stereocenters. The number of rotatable bonds is 2. The topological polar surface area (TPSA) is 29.1 Å². The van der Waals surface area contributed by atoms with E-state index >= 15 is 0 Å². The number of anilines is 1. The van der Waals surface area contributed by atoms with Crippen LogP contribution in [0.3, 0.4) is 0 Å². The maximum absolute atomic E-state index is 13.6. The van der Waals surface area contributed by atoms with Crippen LogP contribution < -0.4 is 5.32 Å². The summed E-state index contributed by atoms with van der Waals surface area (Å²) in [7, 11) is 0. The summed E-state index contributed by atoms with van der Waals surface area (Å²) in [5.41, 5.74) is 6.21. The fourth-order valence-corrected chi connectivity index (χ4v) is 5.31. The number of hydrogen-bond acceptors (Lipinski definition) is 2. The SMILES string of the molecule is O=C1C[C@@H](c2ccccc2)CC2=C1[C@H](c1ccc(F)cc1)Nc1ccc3ccccc3c12. The third kappa shape index (κ3) is 3.04. The molecule has 4 aromatic carbocycles. The van der Waals surface area contributed by atoms with E-state index in [1.807, 2.05) is 30.3 Å². The Labute approximate surface area is 186 Å². The number of allylic oxidation sites excluding steroid dienone is 1. The Morgan fingerprint density at radius 1 is 0.750 bits per heavy atom. The van der Waals surface area contributed by atoms with Gasteiger partial charge in [-0.15, -0.1) is 0 Å². The molecule has 0 aromatic heterocycles. The first kappa shape index (κ1) is 19.0. The van der Waals surface area contributed by atoms with Crippen molar-refractivity contribution in [3.05, 3.63) is 119 Å². The van der Waals surface area contributed by atoms with E-state index in [1.165, 1.54) is 17.7 Å². The quantitative estimate of drug-likeness (QED) is 0.377. The molecule has 1 heterocycles. The number of halogens is 1. The summed E-state index contributed by atoms with van der Waals surface area (Å²) >= 11 is 0. The molecule has 6 rings (SSSR count). The molecule has 156 valence electrons. The second kappa shape index (κ2) is 7.45. The zero-order valence-electron chi connectivity index (χ0n) is 17.5. The third-order valence-corrected chi connectivity index (χ3v) is 6.80. The average Bonchev–Trinajstić information content (AvgIpc) is 2.84. The highest BCUT2D eigenvalue weighted by Gasteiger charge is 2.38. The van der Waals surface area contributed by atoms with Gasteiger partial charge in [0.05, 0.1) is 6.04 Å². The van der Waals surface area contributed by atoms with Gasteiger partial charge in [0, 0.05) is 23.2 Å². The van der Waals surface area contributed by atoms with Crippen LogP contribution in [0, 0.1) is 5.82 Å². The van der Waals surface area contributed by atoms with Gasteiger partial charge in [-0.1, -0.05) is 72.8 Å². The van der Waals surface area contributed by atoms with Crippen LogP contribution in [0.5, 0.6) is 0 Å². The van der Waals surface area contributed by atoms with Crippen molar-refractivity contribution in [3.8, 4) is 0 Å². The van der Waals surface area contributed by atoms with E-state index in [4.69, 9.17) is 0 Å². The van der Waals surface area contributed by atoms with E-state index < -0.39 is 0 Å². The van der Waals surface area contributed by atoms with Crippen molar-refractivity contribution in [2.24, 2.45) is 0 Å². The molecule has 1 aliphatic heterocycles. The molecule has 0 radical (unpaired) electrons. The lowest BCUT2D eigenvalue weighted by atomic mass is 9.71. The minimum Gasteiger partial charge on any atom is -0.373 e. The second-order valence-electron chi connectivity index (χ2n) is 8.67. The minimum absolute atomic E-state index is 0.154. The predicted molar refractivity (Wildman–Crippen MR) is 127 cm³/mol. The van der Waals surface area contributed by atoms with Crippen molar-refractivity contribution in [1.82, 2.24) is 0 Å². The zero-order chi connectivity index (χ0) is 21.7. The highest BCUT2D eigenvalue weighted by molar-refractivity contribution is 6.13. The predicted octanol–water partition coefficient (Wildman–Crippen LogP) is 7.05. The van der Waals surface area contributed by atoms with Crippen molar-refractivity contribution < 1.29 is 9.18 Å². The number of carbonyl (C=O) groups is 1. The lowest BCUT2D eigenvalue weighted by molar-refractivity contribution is -0.116. The van der Waals surface area contributed by atoms with Gasteiger partial charge in [0.25, 0.3) is 0 Å². The second-order valence-corrected chi connectivity index (χ2v) is 8.67. The molecule has 0 bridgehead atoms. The maximum atomic E-state index is 13.6. The number of nitrogens with one attached hydrogen (secondary N) is 1. The summed E-state index contributed by atoms with van der Waals surface area (Å²) in [6.45, 7) is 0. The Hall–Kier alpha value is -3.72. The molecule has 32 heavy (non-hydrogen) atoms. The Morgan fingerprint density at radius 2 is 1.50 bits per heavy atom. The fraction of sp³-hybridized carbons (Fsp3) is 0.138. The zero-order valence-corrected chi connectivity index (χ0v) is 17.5. The van der Waals surface area contributed by atoms with Gasteiger partial charge in [0.2, 0.25) is 0 Å². The molecule has 3 heteroatoms. The van der Waals surface area contributed by atoms with Crippen molar-refractivity contribution in [1.29, 1.82) is 0 Å².